The summed E-state index contributed by atoms with van der Waals surface area (Å²) >= 11 is 0. The molecule has 4 N–H and O–H groups in total. The molecular weight excluding hydrogens is 284 g/mol. The average Bonchev–Trinajstić information content (AvgIpc) is 3.17. The first-order chi connectivity index (χ1) is 10.7. The molecule has 0 aromatic heterocycles. The molecule has 2 saturated heterocycles. The number of hydrogen-bond acceptors (Lipinski definition) is 6. The second kappa shape index (κ2) is 7.23. The van der Waals surface area contributed by atoms with Gasteiger partial charge in [-0.3, -0.25) is 20.7 Å². The Bertz CT molecular complexity index is 381. The molecule has 5 atom stereocenters. The molecule has 0 radical (unpaired) electrons. The SMILES string of the molecule is COC(O)NCC(=O)N1CCC[C@H]1C1N[C@H]2CCCC[C@H]2N1. The fourth-order valence-electron chi connectivity index (χ4n) is 4.07. The second-order valence-electron chi connectivity index (χ2n) is 6.57. The number of nitrogens with zero attached hydrogens (tertiary/aromatic N) is 1. The Hall–Kier alpha value is -0.730. The van der Waals surface area contributed by atoms with E-state index in [1.165, 1.54) is 32.8 Å². The second-order valence-corrected chi connectivity index (χ2v) is 6.57. The molecule has 0 aromatic carbocycles. The van der Waals surface area contributed by atoms with Crippen LogP contribution >= 0.6 is 0 Å². The van der Waals surface area contributed by atoms with E-state index in [2.05, 4.69) is 16.0 Å². The zero-order valence-corrected chi connectivity index (χ0v) is 13.3. The van der Waals surface area contributed by atoms with E-state index in [-0.39, 0.29) is 24.7 Å². The van der Waals surface area contributed by atoms with Crippen molar-refractivity contribution in [3.8, 4) is 0 Å². The van der Waals surface area contributed by atoms with E-state index in [1.807, 2.05) is 4.90 Å². The van der Waals surface area contributed by atoms with Crippen molar-refractivity contribution in [1.29, 1.82) is 0 Å². The summed E-state index contributed by atoms with van der Waals surface area (Å²) in [6.45, 7) is 0.897. The summed E-state index contributed by atoms with van der Waals surface area (Å²) in [6, 6.07) is 1.33. The minimum Gasteiger partial charge on any atom is -0.356 e. The summed E-state index contributed by atoms with van der Waals surface area (Å²) in [5.74, 6) is 0.0251. The number of carbonyl (C=O) groups excluding carboxylic acids is 1. The minimum atomic E-state index is -1.09. The van der Waals surface area contributed by atoms with E-state index >= 15 is 0 Å². The van der Waals surface area contributed by atoms with Gasteiger partial charge in [-0.15, -0.1) is 0 Å². The molecular formula is C15H28N4O3. The maximum Gasteiger partial charge on any atom is 0.237 e. The van der Waals surface area contributed by atoms with Crippen molar-refractivity contribution in [3.05, 3.63) is 0 Å². The fourth-order valence-corrected chi connectivity index (χ4v) is 4.07. The molecule has 3 rings (SSSR count). The lowest BCUT2D eigenvalue weighted by Gasteiger charge is -2.30. The van der Waals surface area contributed by atoms with Crippen LogP contribution in [0.2, 0.25) is 0 Å². The van der Waals surface area contributed by atoms with Crippen LogP contribution in [0.3, 0.4) is 0 Å². The van der Waals surface area contributed by atoms with Crippen LogP contribution in [0, 0.1) is 0 Å². The molecule has 1 saturated carbocycles. The average molecular weight is 312 g/mol. The highest BCUT2D eigenvalue weighted by Crippen LogP contribution is 2.28. The monoisotopic (exact) mass is 312 g/mol. The molecule has 2 heterocycles. The van der Waals surface area contributed by atoms with E-state index in [0.29, 0.717) is 12.1 Å². The number of nitrogens with one attached hydrogen (secondary N) is 3. The number of hydrogen-bond donors (Lipinski definition) is 4. The first kappa shape index (κ1) is 16.1. The van der Waals surface area contributed by atoms with Crippen LogP contribution in [-0.4, -0.2) is 66.8 Å². The standard InChI is InChI=1S/C15H28N4O3/c1-22-15(21)16-9-13(20)19-8-4-7-12(19)14-17-10-5-2-3-6-11(10)18-14/h10-12,14-18,21H,2-9H2,1H3/t10-,11+,12-,14?,15?/m0/s1. The fraction of sp³-hybridized carbons (Fsp3) is 0.933. The Balaban J connectivity index is 1.55. The van der Waals surface area contributed by atoms with Crippen LogP contribution < -0.4 is 16.0 Å². The summed E-state index contributed by atoms with van der Waals surface area (Å²) < 4.78 is 4.70. The van der Waals surface area contributed by atoms with Crippen LogP contribution in [0.15, 0.2) is 0 Å². The molecule has 3 aliphatic rings. The van der Waals surface area contributed by atoms with Crippen molar-refractivity contribution in [2.24, 2.45) is 0 Å². The van der Waals surface area contributed by atoms with Gasteiger partial charge in [0.2, 0.25) is 12.3 Å². The smallest absolute Gasteiger partial charge is 0.237 e. The van der Waals surface area contributed by atoms with E-state index in [0.717, 1.165) is 19.4 Å². The van der Waals surface area contributed by atoms with Gasteiger partial charge in [-0.05, 0) is 25.7 Å². The van der Waals surface area contributed by atoms with E-state index in [9.17, 15) is 9.90 Å². The largest absolute Gasteiger partial charge is 0.356 e. The highest BCUT2D eigenvalue weighted by molar-refractivity contribution is 5.79. The lowest BCUT2D eigenvalue weighted by atomic mass is 9.92. The molecule has 126 valence electrons. The topological polar surface area (TPSA) is 85.9 Å². The summed E-state index contributed by atoms with van der Waals surface area (Å²) in [4.78, 5) is 14.3. The number of likely N-dealkylation sites (tertiary alicyclic amines) is 1. The van der Waals surface area contributed by atoms with E-state index in [1.54, 1.807) is 0 Å². The van der Waals surface area contributed by atoms with Gasteiger partial charge in [-0.25, -0.2) is 0 Å². The van der Waals surface area contributed by atoms with Gasteiger partial charge < -0.3 is 14.7 Å². The molecule has 0 bridgehead atoms. The number of carbonyl (C=O) groups is 1. The van der Waals surface area contributed by atoms with Crippen molar-refractivity contribution in [2.75, 3.05) is 20.2 Å². The van der Waals surface area contributed by atoms with Gasteiger partial charge in [-0.2, -0.15) is 0 Å². The van der Waals surface area contributed by atoms with Gasteiger partial charge >= 0.3 is 0 Å². The first-order valence-corrected chi connectivity index (χ1v) is 8.45. The van der Waals surface area contributed by atoms with Crippen LogP contribution in [-0.2, 0) is 9.53 Å². The lowest BCUT2D eigenvalue weighted by Crippen LogP contribution is -2.54. The molecule has 22 heavy (non-hydrogen) atoms. The Kier molecular flexibility index (Phi) is 5.30. The first-order valence-electron chi connectivity index (χ1n) is 8.45. The van der Waals surface area contributed by atoms with Crippen molar-refractivity contribution >= 4 is 5.91 Å². The van der Waals surface area contributed by atoms with Crippen LogP contribution in [0.1, 0.15) is 38.5 Å². The Morgan fingerprint density at radius 2 is 1.95 bits per heavy atom. The van der Waals surface area contributed by atoms with Gasteiger partial charge in [0.15, 0.2) is 0 Å². The lowest BCUT2D eigenvalue weighted by molar-refractivity contribution is -0.137. The third-order valence-electron chi connectivity index (χ3n) is 5.21. The van der Waals surface area contributed by atoms with Gasteiger partial charge in [0.1, 0.15) is 0 Å². The Morgan fingerprint density at radius 3 is 2.59 bits per heavy atom. The number of aliphatic hydroxyl groups is 1. The van der Waals surface area contributed by atoms with Crippen LogP contribution in [0.25, 0.3) is 0 Å². The summed E-state index contributed by atoms with van der Waals surface area (Å²) in [5.41, 5.74) is 0. The van der Waals surface area contributed by atoms with Crippen LogP contribution in [0.5, 0.6) is 0 Å². The number of ether oxygens (including phenoxy) is 1. The molecule has 7 nitrogen and oxygen atoms in total. The number of amides is 1. The molecule has 2 aliphatic heterocycles. The van der Waals surface area contributed by atoms with Crippen molar-refractivity contribution in [3.63, 3.8) is 0 Å². The van der Waals surface area contributed by atoms with Gasteiger partial charge in [0, 0.05) is 25.7 Å². The summed E-state index contributed by atoms with van der Waals surface area (Å²) in [5, 5.41) is 19.4. The highest BCUT2D eigenvalue weighted by atomic mass is 16.6. The molecule has 1 aliphatic carbocycles. The zero-order valence-electron chi connectivity index (χ0n) is 13.3. The highest BCUT2D eigenvalue weighted by Gasteiger charge is 2.42. The maximum absolute atomic E-state index is 12.4. The Morgan fingerprint density at radius 1 is 1.27 bits per heavy atom. The van der Waals surface area contributed by atoms with E-state index < -0.39 is 6.41 Å². The molecule has 1 amide bonds. The van der Waals surface area contributed by atoms with Crippen molar-refractivity contribution in [2.45, 2.75) is 69.2 Å². The Labute approximate surface area is 131 Å². The van der Waals surface area contributed by atoms with E-state index in [4.69, 9.17) is 4.74 Å². The molecule has 2 unspecified atom stereocenters. The maximum atomic E-state index is 12.4. The predicted molar refractivity (Wildman–Crippen MR) is 81.9 cm³/mol. The molecule has 0 aromatic rings. The number of rotatable bonds is 5. The summed E-state index contributed by atoms with van der Waals surface area (Å²) in [7, 11) is 1.40. The number of aliphatic hydroxyl groups excluding tert-OH is 1. The molecule has 0 spiro atoms. The van der Waals surface area contributed by atoms with Gasteiger partial charge in [0.25, 0.3) is 0 Å². The number of methoxy groups -OCH3 is 1. The summed E-state index contributed by atoms with van der Waals surface area (Å²) in [6.07, 6.45) is 6.25. The van der Waals surface area contributed by atoms with Crippen LogP contribution in [0.4, 0.5) is 0 Å². The van der Waals surface area contributed by atoms with Gasteiger partial charge in [0.05, 0.1) is 18.8 Å². The third kappa shape index (κ3) is 3.44. The molecule has 7 heteroatoms. The number of fused-ring (bicyclic) bond motifs is 1. The third-order valence-corrected chi connectivity index (χ3v) is 5.21. The van der Waals surface area contributed by atoms with Crippen molar-refractivity contribution < 1.29 is 14.6 Å². The molecule has 3 fully saturated rings. The quantitative estimate of drug-likeness (QED) is 0.503. The normalized spacial score (nSPS) is 36.4. The van der Waals surface area contributed by atoms with Gasteiger partial charge in [-0.1, -0.05) is 12.8 Å². The minimum absolute atomic E-state index is 0.0251. The predicted octanol–water partition coefficient (Wildman–Crippen LogP) is -0.681. The van der Waals surface area contributed by atoms with Crippen molar-refractivity contribution in [1.82, 2.24) is 20.9 Å². The zero-order chi connectivity index (χ0) is 15.5.